The highest BCUT2D eigenvalue weighted by Gasteiger charge is 2.19. The fraction of sp³-hybridized carbons (Fsp3) is 0.192. The monoisotopic (exact) mass is 398 g/mol. The van der Waals surface area contributed by atoms with E-state index in [4.69, 9.17) is 4.74 Å². The molecule has 1 atom stereocenters. The fourth-order valence-corrected chi connectivity index (χ4v) is 3.91. The topological polar surface area (TPSA) is 54.1 Å². The number of nitrogens with one attached hydrogen (secondary N) is 2. The minimum absolute atomic E-state index is 0.00170. The number of fused-ring (bicyclic) bond motifs is 1. The lowest BCUT2D eigenvalue weighted by molar-refractivity contribution is -0.123. The molecule has 0 aliphatic heterocycles. The predicted octanol–water partition coefficient (Wildman–Crippen LogP) is 5.11. The lowest BCUT2D eigenvalue weighted by Crippen LogP contribution is -2.32. The van der Waals surface area contributed by atoms with Crippen molar-refractivity contribution < 1.29 is 9.53 Å². The maximum Gasteiger partial charge on any atom is 0.257 e. The Labute approximate surface area is 176 Å². The van der Waals surface area contributed by atoms with Crippen molar-refractivity contribution in [2.24, 2.45) is 0 Å². The van der Waals surface area contributed by atoms with Crippen LogP contribution in [0, 0.1) is 13.8 Å². The standard InChI is InChI=1S/C26H26N2O2/c1-18-12-19(2)14-21(13-18)30-17-26(29)28-15-23(20-8-4-3-5-9-20)24-16-27-25-11-7-6-10-22(24)25/h3-14,16,23,27H,15,17H2,1-2H3,(H,28,29). The molecule has 0 aliphatic rings. The zero-order valence-electron chi connectivity index (χ0n) is 17.3. The smallest absolute Gasteiger partial charge is 0.257 e. The molecular formula is C26H26N2O2. The number of benzene rings is 3. The maximum absolute atomic E-state index is 12.5. The van der Waals surface area contributed by atoms with Gasteiger partial charge in [-0.1, -0.05) is 54.6 Å². The third kappa shape index (κ3) is 4.54. The fourth-order valence-electron chi connectivity index (χ4n) is 3.91. The van der Waals surface area contributed by atoms with Gasteiger partial charge < -0.3 is 15.0 Å². The molecule has 1 heterocycles. The number of aryl methyl sites for hydroxylation is 2. The van der Waals surface area contributed by atoms with Crippen molar-refractivity contribution >= 4 is 16.8 Å². The molecule has 0 saturated carbocycles. The molecule has 0 spiro atoms. The van der Waals surface area contributed by atoms with Crippen molar-refractivity contribution in [3.63, 3.8) is 0 Å². The van der Waals surface area contributed by atoms with E-state index in [0.29, 0.717) is 6.54 Å². The van der Waals surface area contributed by atoms with E-state index in [-0.39, 0.29) is 18.4 Å². The van der Waals surface area contributed by atoms with E-state index >= 15 is 0 Å². The summed E-state index contributed by atoms with van der Waals surface area (Å²) in [5, 5.41) is 4.23. The van der Waals surface area contributed by atoms with Crippen LogP contribution < -0.4 is 10.1 Å². The highest BCUT2D eigenvalue weighted by atomic mass is 16.5. The third-order valence-electron chi connectivity index (χ3n) is 5.27. The van der Waals surface area contributed by atoms with Gasteiger partial charge in [-0.2, -0.15) is 0 Å². The van der Waals surface area contributed by atoms with Crippen LogP contribution in [0.4, 0.5) is 0 Å². The molecule has 0 saturated heterocycles. The molecule has 1 unspecified atom stereocenters. The Kier molecular flexibility index (Phi) is 5.84. The van der Waals surface area contributed by atoms with Gasteiger partial charge in [-0.25, -0.2) is 0 Å². The summed E-state index contributed by atoms with van der Waals surface area (Å²) in [5.41, 5.74) is 5.67. The minimum Gasteiger partial charge on any atom is -0.484 e. The van der Waals surface area contributed by atoms with Gasteiger partial charge >= 0.3 is 0 Å². The van der Waals surface area contributed by atoms with Gasteiger partial charge in [0.1, 0.15) is 5.75 Å². The molecule has 0 radical (unpaired) electrons. The molecule has 152 valence electrons. The first-order chi connectivity index (χ1) is 14.6. The highest BCUT2D eigenvalue weighted by Crippen LogP contribution is 2.30. The number of amides is 1. The first kappa shape index (κ1) is 19.8. The molecule has 2 N–H and O–H groups in total. The molecule has 0 aliphatic carbocycles. The summed E-state index contributed by atoms with van der Waals surface area (Å²) >= 11 is 0. The van der Waals surface area contributed by atoms with E-state index in [1.54, 1.807) is 0 Å². The molecule has 4 heteroatoms. The van der Waals surface area contributed by atoms with Crippen LogP contribution in [-0.4, -0.2) is 24.0 Å². The summed E-state index contributed by atoms with van der Waals surface area (Å²) in [6.07, 6.45) is 2.04. The Balaban J connectivity index is 1.48. The minimum atomic E-state index is -0.130. The van der Waals surface area contributed by atoms with Crippen LogP contribution >= 0.6 is 0 Å². The van der Waals surface area contributed by atoms with E-state index in [0.717, 1.165) is 28.0 Å². The Morgan fingerprint density at radius 2 is 1.67 bits per heavy atom. The second kappa shape index (κ2) is 8.87. The quantitative estimate of drug-likeness (QED) is 0.454. The molecule has 1 aromatic heterocycles. The van der Waals surface area contributed by atoms with Crippen LogP contribution in [0.5, 0.6) is 5.75 Å². The first-order valence-corrected chi connectivity index (χ1v) is 10.2. The van der Waals surface area contributed by atoms with E-state index in [2.05, 4.69) is 40.6 Å². The van der Waals surface area contributed by atoms with Gasteiger partial charge in [-0.05, 0) is 54.3 Å². The Bertz CT molecular complexity index is 1130. The molecule has 3 aromatic carbocycles. The predicted molar refractivity (Wildman–Crippen MR) is 121 cm³/mol. The van der Waals surface area contributed by atoms with Crippen LogP contribution in [0.15, 0.2) is 79.0 Å². The van der Waals surface area contributed by atoms with Gasteiger partial charge in [0.2, 0.25) is 0 Å². The van der Waals surface area contributed by atoms with Gasteiger partial charge in [0.15, 0.2) is 6.61 Å². The van der Waals surface area contributed by atoms with Gasteiger partial charge in [0.05, 0.1) is 0 Å². The number of rotatable bonds is 7. The molecule has 4 aromatic rings. The molecule has 30 heavy (non-hydrogen) atoms. The average Bonchev–Trinajstić information content (AvgIpc) is 3.17. The molecule has 1 amide bonds. The van der Waals surface area contributed by atoms with Crippen LogP contribution in [0.2, 0.25) is 0 Å². The normalized spacial score (nSPS) is 11.9. The summed E-state index contributed by atoms with van der Waals surface area (Å²) in [5.74, 6) is 0.640. The number of aromatic amines is 1. The highest BCUT2D eigenvalue weighted by molar-refractivity contribution is 5.84. The zero-order valence-corrected chi connectivity index (χ0v) is 17.3. The first-order valence-electron chi connectivity index (χ1n) is 10.2. The van der Waals surface area contributed by atoms with Crippen LogP contribution in [0.1, 0.15) is 28.2 Å². The van der Waals surface area contributed by atoms with Crippen LogP contribution in [-0.2, 0) is 4.79 Å². The summed E-state index contributed by atoms with van der Waals surface area (Å²) < 4.78 is 5.71. The summed E-state index contributed by atoms with van der Waals surface area (Å²) in [6, 6.07) is 24.5. The maximum atomic E-state index is 12.5. The Morgan fingerprint density at radius 1 is 0.967 bits per heavy atom. The largest absolute Gasteiger partial charge is 0.484 e. The third-order valence-corrected chi connectivity index (χ3v) is 5.27. The number of hydrogen-bond donors (Lipinski definition) is 2. The van der Waals surface area contributed by atoms with Gasteiger partial charge in [-0.15, -0.1) is 0 Å². The summed E-state index contributed by atoms with van der Waals surface area (Å²) in [4.78, 5) is 15.9. The number of hydrogen-bond acceptors (Lipinski definition) is 2. The SMILES string of the molecule is Cc1cc(C)cc(OCC(=O)NCC(c2ccccc2)c2c[nH]c3ccccc23)c1. The Hall–Kier alpha value is -3.53. The number of H-pyrrole nitrogens is 1. The van der Waals surface area contributed by atoms with Crippen LogP contribution in [0.25, 0.3) is 10.9 Å². The number of para-hydroxylation sites is 1. The zero-order chi connectivity index (χ0) is 20.9. The molecule has 4 rings (SSSR count). The number of ether oxygens (including phenoxy) is 1. The number of carbonyl (C=O) groups excluding carboxylic acids is 1. The molecule has 0 fully saturated rings. The summed E-state index contributed by atoms with van der Waals surface area (Å²) in [7, 11) is 0. The molecule has 4 nitrogen and oxygen atoms in total. The van der Waals surface area contributed by atoms with Crippen molar-refractivity contribution in [2.75, 3.05) is 13.2 Å². The van der Waals surface area contributed by atoms with Crippen molar-refractivity contribution in [2.45, 2.75) is 19.8 Å². The number of aromatic nitrogens is 1. The van der Waals surface area contributed by atoms with Gasteiger partial charge in [0, 0.05) is 29.6 Å². The number of carbonyl (C=O) groups is 1. The van der Waals surface area contributed by atoms with E-state index in [9.17, 15) is 4.79 Å². The average molecular weight is 399 g/mol. The molecular weight excluding hydrogens is 372 g/mol. The van der Waals surface area contributed by atoms with Crippen molar-refractivity contribution in [1.82, 2.24) is 10.3 Å². The van der Waals surface area contributed by atoms with Gasteiger partial charge in [0.25, 0.3) is 5.91 Å². The summed E-state index contributed by atoms with van der Waals surface area (Å²) in [6.45, 7) is 4.54. The van der Waals surface area contributed by atoms with E-state index < -0.39 is 0 Å². The van der Waals surface area contributed by atoms with E-state index in [1.165, 1.54) is 10.9 Å². The van der Waals surface area contributed by atoms with Crippen molar-refractivity contribution in [3.8, 4) is 5.75 Å². The Morgan fingerprint density at radius 3 is 2.43 bits per heavy atom. The lowest BCUT2D eigenvalue weighted by Gasteiger charge is -2.18. The van der Waals surface area contributed by atoms with Crippen LogP contribution in [0.3, 0.4) is 0 Å². The van der Waals surface area contributed by atoms with Crippen molar-refractivity contribution in [3.05, 3.63) is 101 Å². The second-order valence-corrected chi connectivity index (χ2v) is 7.67. The second-order valence-electron chi connectivity index (χ2n) is 7.67. The van der Waals surface area contributed by atoms with E-state index in [1.807, 2.05) is 62.5 Å². The van der Waals surface area contributed by atoms with Gasteiger partial charge in [-0.3, -0.25) is 4.79 Å². The lowest BCUT2D eigenvalue weighted by atomic mass is 9.91. The molecule has 0 bridgehead atoms. The van der Waals surface area contributed by atoms with Crippen molar-refractivity contribution in [1.29, 1.82) is 0 Å².